The predicted octanol–water partition coefficient (Wildman–Crippen LogP) is 1.27. The summed E-state index contributed by atoms with van der Waals surface area (Å²) in [7, 11) is 5.19. The van der Waals surface area contributed by atoms with E-state index in [1.165, 1.54) is 0 Å². The van der Waals surface area contributed by atoms with E-state index in [0.29, 0.717) is 29.3 Å². The number of carbonyl (C=O) groups is 1. The van der Waals surface area contributed by atoms with Crippen LogP contribution in [0.4, 0.5) is 5.69 Å². The molecule has 0 bridgehead atoms. The molecule has 1 amide bonds. The summed E-state index contributed by atoms with van der Waals surface area (Å²) < 4.78 is 10.6. The van der Waals surface area contributed by atoms with Crippen LogP contribution in [-0.2, 0) is 11.2 Å². The van der Waals surface area contributed by atoms with Crippen LogP contribution >= 0.6 is 0 Å². The lowest BCUT2D eigenvalue weighted by atomic mass is 10.1. The highest BCUT2D eigenvalue weighted by Gasteiger charge is 2.13. The van der Waals surface area contributed by atoms with E-state index in [1.807, 2.05) is 25.2 Å². The molecule has 1 atom stereocenters. The number of anilines is 1. The first kappa shape index (κ1) is 19.3. The van der Waals surface area contributed by atoms with Crippen molar-refractivity contribution in [1.82, 2.24) is 0 Å². The topological polar surface area (TPSA) is 75.8 Å². The minimum atomic E-state index is -0.113. The molecule has 0 aliphatic heterocycles. The molecule has 0 aliphatic rings. The molecule has 0 spiro atoms. The summed E-state index contributed by atoms with van der Waals surface area (Å²) in [4.78, 5) is 13.3. The van der Waals surface area contributed by atoms with Crippen molar-refractivity contribution in [2.75, 3.05) is 39.7 Å². The van der Waals surface area contributed by atoms with Gasteiger partial charge < -0.3 is 19.7 Å². The van der Waals surface area contributed by atoms with Crippen LogP contribution < -0.4 is 19.7 Å². The van der Waals surface area contributed by atoms with Gasteiger partial charge in [0.1, 0.15) is 6.07 Å². The van der Waals surface area contributed by atoms with E-state index < -0.39 is 0 Å². The van der Waals surface area contributed by atoms with Crippen LogP contribution in [0.3, 0.4) is 0 Å². The Balaban J connectivity index is 1.87. The summed E-state index contributed by atoms with van der Waals surface area (Å²) in [6.45, 7) is 1.12. The molecule has 2 rings (SSSR count). The second kappa shape index (κ2) is 9.44. The van der Waals surface area contributed by atoms with Crippen molar-refractivity contribution >= 4 is 11.6 Å². The zero-order valence-corrected chi connectivity index (χ0v) is 15.3. The van der Waals surface area contributed by atoms with Crippen LogP contribution in [0.2, 0.25) is 0 Å². The lowest BCUT2D eigenvalue weighted by Crippen LogP contribution is -3.10. The fourth-order valence-electron chi connectivity index (χ4n) is 2.64. The largest absolute Gasteiger partial charge is 0.493 e. The average Bonchev–Trinajstić information content (AvgIpc) is 2.66. The number of para-hydroxylation sites is 1. The number of benzene rings is 2. The van der Waals surface area contributed by atoms with Gasteiger partial charge in [0.05, 0.1) is 39.1 Å². The van der Waals surface area contributed by atoms with Crippen LogP contribution in [0.1, 0.15) is 11.1 Å². The number of nitriles is 1. The molecular formula is C20H24N3O3+. The van der Waals surface area contributed by atoms with Gasteiger partial charge in [-0.3, -0.25) is 4.79 Å². The molecule has 0 fully saturated rings. The molecular weight excluding hydrogens is 330 g/mol. The van der Waals surface area contributed by atoms with E-state index in [0.717, 1.165) is 23.4 Å². The van der Waals surface area contributed by atoms with Crippen LogP contribution in [0.5, 0.6) is 11.5 Å². The number of rotatable bonds is 8. The molecule has 2 aromatic rings. The van der Waals surface area contributed by atoms with E-state index in [9.17, 15) is 4.79 Å². The van der Waals surface area contributed by atoms with Crippen molar-refractivity contribution in [1.29, 1.82) is 5.26 Å². The molecule has 1 unspecified atom stereocenters. The number of likely N-dealkylation sites (N-methyl/N-ethyl adjacent to an activating group) is 1. The maximum Gasteiger partial charge on any atom is 0.279 e. The summed E-state index contributed by atoms with van der Waals surface area (Å²) >= 11 is 0. The zero-order valence-electron chi connectivity index (χ0n) is 15.3. The summed E-state index contributed by atoms with van der Waals surface area (Å²) in [5.74, 6) is 1.29. The predicted molar refractivity (Wildman–Crippen MR) is 99.7 cm³/mol. The van der Waals surface area contributed by atoms with Gasteiger partial charge in [-0.15, -0.1) is 0 Å². The first-order valence-corrected chi connectivity index (χ1v) is 8.38. The van der Waals surface area contributed by atoms with E-state index in [-0.39, 0.29) is 5.91 Å². The third-order valence-electron chi connectivity index (χ3n) is 4.07. The Morgan fingerprint density at radius 3 is 2.58 bits per heavy atom. The highest BCUT2D eigenvalue weighted by molar-refractivity contribution is 5.92. The first-order valence-electron chi connectivity index (χ1n) is 8.38. The van der Waals surface area contributed by atoms with Gasteiger partial charge in [-0.1, -0.05) is 18.2 Å². The number of methoxy groups -OCH3 is 2. The highest BCUT2D eigenvalue weighted by atomic mass is 16.5. The van der Waals surface area contributed by atoms with Gasteiger partial charge in [0.25, 0.3) is 5.91 Å². The van der Waals surface area contributed by atoms with E-state index >= 15 is 0 Å². The Labute approximate surface area is 153 Å². The second-order valence-corrected chi connectivity index (χ2v) is 6.03. The number of nitrogens with one attached hydrogen (secondary N) is 2. The third-order valence-corrected chi connectivity index (χ3v) is 4.07. The molecule has 0 aliphatic carbocycles. The Bertz CT molecular complexity index is 799. The molecule has 0 radical (unpaired) electrons. The van der Waals surface area contributed by atoms with E-state index in [2.05, 4.69) is 11.4 Å². The molecule has 2 aromatic carbocycles. The third kappa shape index (κ3) is 5.23. The monoisotopic (exact) mass is 354 g/mol. The number of hydrogen-bond donors (Lipinski definition) is 2. The number of carbonyl (C=O) groups excluding carboxylic acids is 1. The summed E-state index contributed by atoms with van der Waals surface area (Å²) in [5.41, 5.74) is 2.13. The Kier molecular flexibility index (Phi) is 7.01. The first-order chi connectivity index (χ1) is 12.6. The SMILES string of the molecule is COc1ccc(CC[NH+](C)CC(=O)Nc2ccccc2C#N)cc1OC. The van der Waals surface area contributed by atoms with Crippen molar-refractivity contribution in [2.45, 2.75) is 6.42 Å². The molecule has 0 heterocycles. The quantitative estimate of drug-likeness (QED) is 0.749. The lowest BCUT2D eigenvalue weighted by molar-refractivity contribution is -0.870. The van der Waals surface area contributed by atoms with Gasteiger partial charge in [0.2, 0.25) is 0 Å². The zero-order chi connectivity index (χ0) is 18.9. The fourth-order valence-corrected chi connectivity index (χ4v) is 2.64. The van der Waals surface area contributed by atoms with Crippen LogP contribution in [-0.4, -0.2) is 40.3 Å². The normalized spacial score (nSPS) is 11.3. The Morgan fingerprint density at radius 1 is 1.15 bits per heavy atom. The fraction of sp³-hybridized carbons (Fsp3) is 0.300. The standard InChI is InChI=1S/C20H23N3O3/c1-23(11-10-15-8-9-18(25-2)19(12-15)26-3)14-20(24)22-17-7-5-4-6-16(17)13-21/h4-9,12H,10-11,14H2,1-3H3,(H,22,24)/p+1. The molecule has 26 heavy (non-hydrogen) atoms. The van der Waals surface area contributed by atoms with Gasteiger partial charge >= 0.3 is 0 Å². The van der Waals surface area contributed by atoms with Crippen molar-refractivity contribution in [3.63, 3.8) is 0 Å². The minimum Gasteiger partial charge on any atom is -0.493 e. The summed E-state index contributed by atoms with van der Waals surface area (Å²) in [5, 5.41) is 11.9. The van der Waals surface area contributed by atoms with Crippen molar-refractivity contribution in [3.8, 4) is 17.6 Å². The Morgan fingerprint density at radius 2 is 1.88 bits per heavy atom. The van der Waals surface area contributed by atoms with Crippen LogP contribution in [0.15, 0.2) is 42.5 Å². The number of quaternary nitrogens is 1. The smallest absolute Gasteiger partial charge is 0.279 e. The number of amides is 1. The molecule has 6 nitrogen and oxygen atoms in total. The average molecular weight is 354 g/mol. The van der Waals surface area contributed by atoms with Gasteiger partial charge in [-0.2, -0.15) is 5.26 Å². The molecule has 0 saturated carbocycles. The molecule has 2 N–H and O–H groups in total. The number of ether oxygens (including phenoxy) is 2. The molecule has 6 heteroatoms. The van der Waals surface area contributed by atoms with Gasteiger partial charge in [0, 0.05) is 6.42 Å². The number of hydrogen-bond acceptors (Lipinski definition) is 4. The lowest BCUT2D eigenvalue weighted by Gasteiger charge is -2.15. The van der Waals surface area contributed by atoms with Gasteiger partial charge in [-0.25, -0.2) is 0 Å². The minimum absolute atomic E-state index is 0.113. The molecule has 0 saturated heterocycles. The molecule has 136 valence electrons. The van der Waals surface area contributed by atoms with E-state index in [4.69, 9.17) is 14.7 Å². The van der Waals surface area contributed by atoms with Crippen LogP contribution in [0.25, 0.3) is 0 Å². The van der Waals surface area contributed by atoms with Crippen molar-refractivity contribution in [3.05, 3.63) is 53.6 Å². The number of nitrogens with zero attached hydrogens (tertiary/aromatic N) is 1. The maximum absolute atomic E-state index is 12.2. The summed E-state index contributed by atoms with van der Waals surface area (Å²) in [6, 6.07) is 14.9. The van der Waals surface area contributed by atoms with E-state index in [1.54, 1.807) is 38.5 Å². The molecule has 0 aromatic heterocycles. The van der Waals surface area contributed by atoms with Gasteiger partial charge in [0.15, 0.2) is 18.0 Å². The van der Waals surface area contributed by atoms with Gasteiger partial charge in [-0.05, 0) is 29.8 Å². The van der Waals surface area contributed by atoms with Crippen molar-refractivity contribution < 1.29 is 19.2 Å². The maximum atomic E-state index is 12.2. The van der Waals surface area contributed by atoms with Crippen molar-refractivity contribution in [2.24, 2.45) is 0 Å². The summed E-state index contributed by atoms with van der Waals surface area (Å²) in [6.07, 6.45) is 0.814. The Hall–Kier alpha value is -3.04. The van der Waals surface area contributed by atoms with Crippen LogP contribution in [0, 0.1) is 11.3 Å². The second-order valence-electron chi connectivity index (χ2n) is 6.03. The highest BCUT2D eigenvalue weighted by Crippen LogP contribution is 2.27.